The standard InChI is InChI=1S/C26H17F3N6O.CH4O3S/c1-17-2-4-20(10-19(17)5-3-18-14-31-24-6-7-32-35(24)15-18)25(36)33-22-11-21(26(27,28)29)12-23(13-22)34-9-8-30-16-34;1-5(2,3)4/h2,4,6-16H,1H3,(H,33,36);1H3,(H,2,3,4). The molecule has 1 amide bonds. The average molecular weight is 583 g/mol. The van der Waals surface area contributed by atoms with E-state index in [-0.39, 0.29) is 16.9 Å². The van der Waals surface area contributed by atoms with Crippen LogP contribution >= 0.6 is 0 Å². The van der Waals surface area contributed by atoms with Crippen molar-refractivity contribution in [1.82, 2.24) is 24.1 Å². The van der Waals surface area contributed by atoms with E-state index in [1.54, 1.807) is 47.4 Å². The highest BCUT2D eigenvalue weighted by Crippen LogP contribution is 2.33. The lowest BCUT2D eigenvalue weighted by molar-refractivity contribution is -0.137. The molecule has 0 unspecified atom stereocenters. The Hall–Kier alpha value is -5.00. The van der Waals surface area contributed by atoms with Gasteiger partial charge in [-0.15, -0.1) is 0 Å². The third kappa shape index (κ3) is 8.01. The fourth-order valence-electron chi connectivity index (χ4n) is 3.52. The van der Waals surface area contributed by atoms with E-state index in [1.165, 1.54) is 29.4 Å². The lowest BCUT2D eigenvalue weighted by atomic mass is 10.0. The Morgan fingerprint density at radius 2 is 1.83 bits per heavy atom. The molecule has 2 N–H and O–H groups in total. The monoisotopic (exact) mass is 582 g/mol. The van der Waals surface area contributed by atoms with Gasteiger partial charge in [0, 0.05) is 53.4 Å². The van der Waals surface area contributed by atoms with Crippen molar-refractivity contribution < 1.29 is 30.9 Å². The number of benzene rings is 2. The zero-order chi connectivity index (χ0) is 29.8. The number of carbonyl (C=O) groups is 1. The number of alkyl halides is 3. The molecule has 0 aliphatic rings. The molecule has 0 spiro atoms. The first-order valence-corrected chi connectivity index (χ1v) is 13.5. The molecule has 0 saturated heterocycles. The van der Waals surface area contributed by atoms with Crippen molar-refractivity contribution in [2.75, 3.05) is 11.6 Å². The van der Waals surface area contributed by atoms with E-state index in [0.29, 0.717) is 23.0 Å². The van der Waals surface area contributed by atoms with Crippen molar-refractivity contribution in [2.45, 2.75) is 13.1 Å². The molecule has 2 aromatic carbocycles. The first-order valence-electron chi connectivity index (χ1n) is 11.6. The minimum Gasteiger partial charge on any atom is -0.322 e. The maximum absolute atomic E-state index is 13.5. The first-order chi connectivity index (χ1) is 19.3. The van der Waals surface area contributed by atoms with Crippen LogP contribution in [0.2, 0.25) is 0 Å². The molecule has 0 fully saturated rings. The van der Waals surface area contributed by atoms with Crippen LogP contribution in [0.25, 0.3) is 11.3 Å². The molecule has 14 heteroatoms. The summed E-state index contributed by atoms with van der Waals surface area (Å²) in [4.78, 5) is 21.1. The topological polar surface area (TPSA) is 131 Å². The molecule has 0 aliphatic carbocycles. The van der Waals surface area contributed by atoms with Crippen LogP contribution in [0, 0.1) is 18.8 Å². The SMILES string of the molecule is CS(=O)(=O)O.Cc1ccc(C(=O)Nc2cc(-n3ccnc3)cc(C(F)(F)F)c2)cc1C#Cc1cnc2ccnn2c1. The molecule has 210 valence electrons. The fraction of sp³-hybridized carbons (Fsp3) is 0.111. The van der Waals surface area contributed by atoms with Gasteiger partial charge in [-0.25, -0.2) is 14.5 Å². The molecular formula is C27H21F3N6O4S. The number of fused-ring (bicyclic) bond motifs is 1. The average Bonchev–Trinajstić information content (AvgIpc) is 3.59. The summed E-state index contributed by atoms with van der Waals surface area (Å²) in [5, 5.41) is 6.70. The Labute approximate surface area is 232 Å². The van der Waals surface area contributed by atoms with Crippen molar-refractivity contribution in [2.24, 2.45) is 0 Å². The minimum atomic E-state index is -4.59. The largest absolute Gasteiger partial charge is 0.416 e. The number of nitrogens with one attached hydrogen (secondary N) is 1. The van der Waals surface area contributed by atoms with E-state index in [9.17, 15) is 26.4 Å². The van der Waals surface area contributed by atoms with E-state index in [1.807, 2.05) is 6.92 Å². The van der Waals surface area contributed by atoms with Gasteiger partial charge in [-0.2, -0.15) is 26.7 Å². The van der Waals surface area contributed by atoms with Crippen molar-refractivity contribution in [1.29, 1.82) is 0 Å². The van der Waals surface area contributed by atoms with Crippen LogP contribution in [0.4, 0.5) is 18.9 Å². The molecule has 3 aromatic heterocycles. The van der Waals surface area contributed by atoms with Gasteiger partial charge in [-0.1, -0.05) is 17.9 Å². The Bertz CT molecular complexity index is 1880. The molecular weight excluding hydrogens is 561 g/mol. The second kappa shape index (κ2) is 11.6. The molecule has 0 saturated carbocycles. The van der Waals surface area contributed by atoms with Gasteiger partial charge in [0.05, 0.1) is 29.9 Å². The van der Waals surface area contributed by atoms with Gasteiger partial charge in [-0.3, -0.25) is 9.35 Å². The van der Waals surface area contributed by atoms with Crippen molar-refractivity contribution >= 4 is 27.4 Å². The molecule has 0 radical (unpaired) electrons. The maximum Gasteiger partial charge on any atom is 0.416 e. The number of rotatable bonds is 3. The van der Waals surface area contributed by atoms with Gasteiger partial charge in [0.25, 0.3) is 16.0 Å². The predicted molar refractivity (Wildman–Crippen MR) is 144 cm³/mol. The van der Waals surface area contributed by atoms with Gasteiger partial charge >= 0.3 is 6.18 Å². The second-order valence-electron chi connectivity index (χ2n) is 8.68. The van der Waals surface area contributed by atoms with Crippen LogP contribution in [0.1, 0.15) is 32.6 Å². The number of nitrogens with zero attached hydrogens (tertiary/aromatic N) is 5. The third-order valence-corrected chi connectivity index (χ3v) is 5.39. The van der Waals surface area contributed by atoms with E-state index < -0.39 is 27.8 Å². The van der Waals surface area contributed by atoms with Crippen LogP contribution in [-0.4, -0.2) is 49.3 Å². The van der Waals surface area contributed by atoms with Crippen molar-refractivity contribution in [3.63, 3.8) is 0 Å². The Morgan fingerprint density at radius 1 is 1.07 bits per heavy atom. The zero-order valence-corrected chi connectivity index (χ0v) is 22.3. The van der Waals surface area contributed by atoms with Crippen LogP contribution in [0.3, 0.4) is 0 Å². The molecule has 0 atom stereocenters. The normalized spacial score (nSPS) is 11.3. The lowest BCUT2D eigenvalue weighted by Gasteiger charge is -2.14. The van der Waals surface area contributed by atoms with E-state index >= 15 is 0 Å². The smallest absolute Gasteiger partial charge is 0.322 e. The maximum atomic E-state index is 13.5. The highest BCUT2D eigenvalue weighted by atomic mass is 32.2. The number of carbonyl (C=O) groups excluding carboxylic acids is 1. The predicted octanol–water partition coefficient (Wildman–Crippen LogP) is 4.40. The Balaban J connectivity index is 0.000000714. The number of hydrogen-bond donors (Lipinski definition) is 2. The highest BCUT2D eigenvalue weighted by molar-refractivity contribution is 7.85. The second-order valence-corrected chi connectivity index (χ2v) is 10.1. The van der Waals surface area contributed by atoms with Crippen molar-refractivity contribution in [3.05, 3.63) is 108 Å². The van der Waals surface area contributed by atoms with Gasteiger partial charge < -0.3 is 9.88 Å². The van der Waals surface area contributed by atoms with Crippen molar-refractivity contribution in [3.8, 4) is 17.5 Å². The van der Waals surface area contributed by atoms with E-state index in [2.05, 4.69) is 32.2 Å². The summed E-state index contributed by atoms with van der Waals surface area (Å²) in [5.41, 5.74) is 2.37. The quantitative estimate of drug-likeness (QED) is 0.238. The number of hydrogen-bond acceptors (Lipinski definition) is 6. The third-order valence-electron chi connectivity index (χ3n) is 5.39. The number of amides is 1. The molecule has 5 aromatic rings. The fourth-order valence-corrected chi connectivity index (χ4v) is 3.52. The summed E-state index contributed by atoms with van der Waals surface area (Å²) < 4.78 is 69.3. The summed E-state index contributed by atoms with van der Waals surface area (Å²) in [6.07, 6.45) is 5.49. The summed E-state index contributed by atoms with van der Waals surface area (Å²) in [6, 6.07) is 10.0. The summed E-state index contributed by atoms with van der Waals surface area (Å²) in [6.45, 7) is 1.85. The van der Waals surface area contributed by atoms with E-state index in [4.69, 9.17) is 4.55 Å². The van der Waals surface area contributed by atoms with Crippen LogP contribution in [0.5, 0.6) is 0 Å². The molecule has 41 heavy (non-hydrogen) atoms. The Morgan fingerprint density at radius 3 is 2.51 bits per heavy atom. The number of aryl methyl sites for hydroxylation is 1. The molecule has 10 nitrogen and oxygen atoms in total. The van der Waals surface area contributed by atoms with Gasteiger partial charge in [0.15, 0.2) is 5.65 Å². The number of anilines is 1. The van der Waals surface area contributed by atoms with Crippen LogP contribution in [-0.2, 0) is 16.3 Å². The highest BCUT2D eigenvalue weighted by Gasteiger charge is 2.31. The molecule has 5 rings (SSSR count). The van der Waals surface area contributed by atoms with Gasteiger partial charge in [0.1, 0.15) is 0 Å². The summed E-state index contributed by atoms with van der Waals surface area (Å²) in [7, 11) is -3.67. The number of halogens is 3. The molecule has 0 bridgehead atoms. The first kappa shape index (κ1) is 29.0. The summed E-state index contributed by atoms with van der Waals surface area (Å²) >= 11 is 0. The summed E-state index contributed by atoms with van der Waals surface area (Å²) in [5.74, 6) is 5.48. The molecule has 3 heterocycles. The van der Waals surface area contributed by atoms with Gasteiger partial charge in [-0.05, 0) is 42.8 Å². The Kier molecular flexibility index (Phi) is 8.22. The zero-order valence-electron chi connectivity index (χ0n) is 21.5. The van der Waals surface area contributed by atoms with Gasteiger partial charge in [0.2, 0.25) is 0 Å². The lowest BCUT2D eigenvalue weighted by Crippen LogP contribution is -2.14. The minimum absolute atomic E-state index is 0.00494. The van der Waals surface area contributed by atoms with E-state index in [0.717, 1.165) is 17.7 Å². The number of aromatic nitrogens is 5. The van der Waals surface area contributed by atoms with Crippen LogP contribution < -0.4 is 5.32 Å². The molecule has 0 aliphatic heterocycles. The van der Waals surface area contributed by atoms with Crippen LogP contribution in [0.15, 0.2) is 79.8 Å². The number of imidazole rings is 1.